The van der Waals surface area contributed by atoms with Crippen molar-refractivity contribution in [3.63, 3.8) is 0 Å². The van der Waals surface area contributed by atoms with E-state index in [-0.39, 0.29) is 5.78 Å². The molecule has 4 heteroatoms. The van der Waals surface area contributed by atoms with E-state index in [2.05, 4.69) is 4.98 Å². The molecule has 1 aromatic heterocycles. The lowest BCUT2D eigenvalue weighted by atomic mass is 10.0. The number of hydrogen-bond donors (Lipinski definition) is 1. The van der Waals surface area contributed by atoms with Crippen LogP contribution in [-0.4, -0.2) is 21.6 Å². The van der Waals surface area contributed by atoms with Crippen LogP contribution in [0.15, 0.2) is 24.4 Å². The SMILES string of the molecule is N=C1SCC(=O)C1c1ccccn1. The maximum absolute atomic E-state index is 11.4. The van der Waals surface area contributed by atoms with Crippen LogP contribution >= 0.6 is 11.8 Å². The number of thioether (sulfide) groups is 1. The lowest BCUT2D eigenvalue weighted by Gasteiger charge is -2.05. The molecule has 1 atom stereocenters. The van der Waals surface area contributed by atoms with Gasteiger partial charge in [-0.2, -0.15) is 0 Å². The Bertz CT molecular complexity index is 334. The molecule has 1 aliphatic heterocycles. The van der Waals surface area contributed by atoms with Crippen molar-refractivity contribution in [3.8, 4) is 0 Å². The van der Waals surface area contributed by atoms with Crippen LogP contribution in [0.5, 0.6) is 0 Å². The molecule has 1 aromatic rings. The van der Waals surface area contributed by atoms with Crippen molar-refractivity contribution in [2.24, 2.45) is 0 Å². The van der Waals surface area contributed by atoms with Crippen LogP contribution in [0.3, 0.4) is 0 Å². The third-order valence-electron chi connectivity index (χ3n) is 1.94. The molecular formula is C9H8N2OS. The zero-order valence-corrected chi connectivity index (χ0v) is 7.67. The first kappa shape index (κ1) is 8.44. The van der Waals surface area contributed by atoms with E-state index >= 15 is 0 Å². The van der Waals surface area contributed by atoms with Gasteiger partial charge in [-0.15, -0.1) is 11.8 Å². The Morgan fingerprint density at radius 2 is 2.38 bits per heavy atom. The number of nitrogens with one attached hydrogen (secondary N) is 1. The highest BCUT2D eigenvalue weighted by molar-refractivity contribution is 8.15. The summed E-state index contributed by atoms with van der Waals surface area (Å²) in [4.78, 5) is 15.5. The van der Waals surface area contributed by atoms with Gasteiger partial charge in [-0.3, -0.25) is 15.2 Å². The monoisotopic (exact) mass is 192 g/mol. The van der Waals surface area contributed by atoms with E-state index in [1.807, 2.05) is 6.07 Å². The summed E-state index contributed by atoms with van der Waals surface area (Å²) < 4.78 is 0. The predicted molar refractivity (Wildman–Crippen MR) is 52.2 cm³/mol. The lowest BCUT2D eigenvalue weighted by molar-refractivity contribution is -0.116. The Balaban J connectivity index is 2.36. The average molecular weight is 192 g/mol. The van der Waals surface area contributed by atoms with Gasteiger partial charge in [-0.25, -0.2) is 0 Å². The molecule has 0 amide bonds. The van der Waals surface area contributed by atoms with E-state index in [1.165, 1.54) is 11.8 Å². The Morgan fingerprint density at radius 3 is 2.92 bits per heavy atom. The third-order valence-corrected chi connectivity index (χ3v) is 2.91. The van der Waals surface area contributed by atoms with Gasteiger partial charge < -0.3 is 0 Å². The number of carbonyl (C=O) groups excluding carboxylic acids is 1. The van der Waals surface area contributed by atoms with E-state index in [0.717, 1.165) is 0 Å². The second-order valence-electron chi connectivity index (χ2n) is 2.81. The van der Waals surface area contributed by atoms with E-state index in [1.54, 1.807) is 18.3 Å². The fourth-order valence-corrected chi connectivity index (χ4v) is 2.19. The third kappa shape index (κ3) is 1.49. The molecule has 0 bridgehead atoms. The van der Waals surface area contributed by atoms with Crippen molar-refractivity contribution in [2.45, 2.75) is 5.92 Å². The number of aromatic nitrogens is 1. The van der Waals surface area contributed by atoms with Crippen molar-refractivity contribution < 1.29 is 4.79 Å². The molecule has 66 valence electrons. The lowest BCUT2D eigenvalue weighted by Crippen LogP contribution is -2.13. The van der Waals surface area contributed by atoms with Gasteiger partial charge >= 0.3 is 0 Å². The molecule has 3 nitrogen and oxygen atoms in total. The highest BCUT2D eigenvalue weighted by Crippen LogP contribution is 2.30. The molecule has 1 N–H and O–H groups in total. The van der Waals surface area contributed by atoms with E-state index < -0.39 is 5.92 Å². The molecule has 1 saturated heterocycles. The normalized spacial score (nSPS) is 22.3. The molecule has 1 unspecified atom stereocenters. The predicted octanol–water partition coefficient (Wildman–Crippen LogP) is 1.46. The van der Waals surface area contributed by atoms with Crippen LogP contribution in [0.1, 0.15) is 11.6 Å². The standard InChI is InChI=1S/C9H8N2OS/c10-9-8(7(12)5-13-9)6-3-1-2-4-11-6/h1-4,8,10H,5H2. The summed E-state index contributed by atoms with van der Waals surface area (Å²) in [6.07, 6.45) is 1.65. The number of rotatable bonds is 1. The van der Waals surface area contributed by atoms with Gasteiger partial charge in [-0.05, 0) is 12.1 Å². The number of nitrogens with zero attached hydrogens (tertiary/aromatic N) is 1. The van der Waals surface area contributed by atoms with Gasteiger partial charge in [0.2, 0.25) is 0 Å². The molecule has 1 aliphatic rings. The summed E-state index contributed by atoms with van der Waals surface area (Å²) in [5.74, 6) is 0.111. The number of ketones is 1. The van der Waals surface area contributed by atoms with Crippen LogP contribution < -0.4 is 0 Å². The molecular weight excluding hydrogens is 184 g/mol. The van der Waals surface area contributed by atoms with Crippen molar-refractivity contribution in [2.75, 3.05) is 5.75 Å². The van der Waals surface area contributed by atoms with Crippen LogP contribution in [-0.2, 0) is 4.79 Å². The second kappa shape index (κ2) is 3.30. The Morgan fingerprint density at radius 1 is 1.54 bits per heavy atom. The van der Waals surface area contributed by atoms with Crippen molar-refractivity contribution >= 4 is 22.6 Å². The van der Waals surface area contributed by atoms with Crippen molar-refractivity contribution in [1.82, 2.24) is 4.98 Å². The summed E-state index contributed by atoms with van der Waals surface area (Å²) in [5.41, 5.74) is 0.697. The van der Waals surface area contributed by atoms with E-state index in [0.29, 0.717) is 16.5 Å². The van der Waals surface area contributed by atoms with Crippen LogP contribution in [0.25, 0.3) is 0 Å². The van der Waals surface area contributed by atoms with E-state index in [4.69, 9.17) is 5.41 Å². The highest BCUT2D eigenvalue weighted by atomic mass is 32.2. The first-order chi connectivity index (χ1) is 6.29. The Labute approximate surface area is 80.1 Å². The molecule has 0 spiro atoms. The maximum Gasteiger partial charge on any atom is 0.158 e. The van der Waals surface area contributed by atoms with Gasteiger partial charge in [-0.1, -0.05) is 6.07 Å². The number of Topliss-reactive ketones (excluding diaryl/α,β-unsaturated/α-hetero) is 1. The van der Waals surface area contributed by atoms with Crippen molar-refractivity contribution in [1.29, 1.82) is 5.41 Å². The number of pyridine rings is 1. The smallest absolute Gasteiger partial charge is 0.158 e. The van der Waals surface area contributed by atoms with Crippen LogP contribution in [0, 0.1) is 5.41 Å². The van der Waals surface area contributed by atoms with Crippen LogP contribution in [0.2, 0.25) is 0 Å². The Hall–Kier alpha value is -1.16. The molecule has 0 aliphatic carbocycles. The fraction of sp³-hybridized carbons (Fsp3) is 0.222. The molecule has 0 saturated carbocycles. The van der Waals surface area contributed by atoms with E-state index in [9.17, 15) is 4.79 Å². The summed E-state index contributed by atoms with van der Waals surface area (Å²) in [5, 5.41) is 8.00. The number of hydrogen-bond acceptors (Lipinski definition) is 4. The molecule has 0 radical (unpaired) electrons. The average Bonchev–Trinajstić information content (AvgIpc) is 2.48. The summed E-state index contributed by atoms with van der Waals surface area (Å²) in [7, 11) is 0. The largest absolute Gasteiger partial charge is 0.298 e. The van der Waals surface area contributed by atoms with Crippen LogP contribution in [0.4, 0.5) is 0 Å². The summed E-state index contributed by atoms with van der Waals surface area (Å²) in [6, 6.07) is 5.44. The summed E-state index contributed by atoms with van der Waals surface area (Å²) >= 11 is 1.30. The minimum absolute atomic E-state index is 0.0914. The molecule has 2 rings (SSSR count). The van der Waals surface area contributed by atoms with Gasteiger partial charge in [0.05, 0.1) is 16.5 Å². The van der Waals surface area contributed by atoms with Gasteiger partial charge in [0.1, 0.15) is 5.92 Å². The minimum Gasteiger partial charge on any atom is -0.298 e. The zero-order chi connectivity index (χ0) is 9.26. The minimum atomic E-state index is -0.397. The summed E-state index contributed by atoms with van der Waals surface area (Å²) in [6.45, 7) is 0. The molecule has 13 heavy (non-hydrogen) atoms. The topological polar surface area (TPSA) is 53.8 Å². The van der Waals surface area contributed by atoms with Gasteiger partial charge in [0, 0.05) is 6.20 Å². The second-order valence-corrected chi connectivity index (χ2v) is 3.82. The Kier molecular flexibility index (Phi) is 2.14. The molecule has 1 fully saturated rings. The van der Waals surface area contributed by atoms with Gasteiger partial charge in [0.15, 0.2) is 5.78 Å². The fourth-order valence-electron chi connectivity index (χ4n) is 1.31. The quantitative estimate of drug-likeness (QED) is 0.732. The molecule has 0 aromatic carbocycles. The first-order valence-electron chi connectivity index (χ1n) is 3.94. The maximum atomic E-state index is 11.4. The first-order valence-corrected chi connectivity index (χ1v) is 4.92. The van der Waals surface area contributed by atoms with Crippen molar-refractivity contribution in [3.05, 3.63) is 30.1 Å². The number of carbonyl (C=O) groups is 1. The molecule has 2 heterocycles. The van der Waals surface area contributed by atoms with Gasteiger partial charge in [0.25, 0.3) is 0 Å². The highest BCUT2D eigenvalue weighted by Gasteiger charge is 2.32. The zero-order valence-electron chi connectivity index (χ0n) is 6.86.